The van der Waals surface area contributed by atoms with E-state index in [0.717, 1.165) is 82.7 Å². The van der Waals surface area contributed by atoms with Crippen molar-refractivity contribution in [2.24, 2.45) is 5.92 Å². The lowest BCUT2D eigenvalue weighted by Crippen LogP contribution is -2.06. The van der Waals surface area contributed by atoms with E-state index in [1.165, 1.54) is 5.56 Å². The van der Waals surface area contributed by atoms with Gasteiger partial charge in [-0.05, 0) is 59.9 Å². The molecule has 5 heteroatoms. The number of nitrogens with zero attached hydrogens (tertiary/aromatic N) is 3. The minimum absolute atomic E-state index is 0.310. The smallest absolute Gasteiger partial charge is 0.109 e. The third-order valence-corrected chi connectivity index (χ3v) is 8.32. The summed E-state index contributed by atoms with van der Waals surface area (Å²) in [5, 5.41) is 10.4. The van der Waals surface area contributed by atoms with Gasteiger partial charge >= 0.3 is 0 Å². The fourth-order valence-electron chi connectivity index (χ4n) is 5.87. The van der Waals surface area contributed by atoms with Crippen LogP contribution in [0.5, 0.6) is 0 Å². The molecule has 0 amide bonds. The van der Waals surface area contributed by atoms with Gasteiger partial charge in [-0.3, -0.25) is 9.97 Å². The third-order valence-electron chi connectivity index (χ3n) is 8.32. The van der Waals surface area contributed by atoms with E-state index < -0.39 is 0 Å². The molecule has 202 valence electrons. The number of aromatic amines is 1. The first-order valence-corrected chi connectivity index (χ1v) is 14.3. The molecule has 0 saturated heterocycles. The van der Waals surface area contributed by atoms with Crippen LogP contribution in [0.4, 0.5) is 5.69 Å². The van der Waals surface area contributed by atoms with Crippen molar-refractivity contribution in [1.29, 1.82) is 0 Å². The highest BCUT2D eigenvalue weighted by atomic mass is 14.9. The van der Waals surface area contributed by atoms with E-state index in [1.807, 2.05) is 24.5 Å². The Bertz CT molecular complexity index is 2170. The predicted octanol–water partition coefficient (Wildman–Crippen LogP) is 9.65. The molecule has 0 saturated carbocycles. The van der Waals surface area contributed by atoms with Crippen LogP contribution in [0.2, 0.25) is 0 Å². The second-order valence-electron chi connectivity index (χ2n) is 11.6. The molecule has 0 unspecified atom stereocenters. The third kappa shape index (κ3) is 3.95. The van der Waals surface area contributed by atoms with Crippen LogP contribution in [0.1, 0.15) is 45.0 Å². The number of imidazole rings is 1. The molecular formula is C36H33N5. The number of hydrogen-bond acceptors (Lipinski definition) is 4. The van der Waals surface area contributed by atoms with E-state index in [0.29, 0.717) is 11.8 Å². The molecule has 0 aliphatic carbocycles. The predicted molar refractivity (Wildman–Crippen MR) is 174 cm³/mol. The van der Waals surface area contributed by atoms with Crippen molar-refractivity contribution in [3.63, 3.8) is 0 Å². The molecule has 0 aliphatic rings. The summed E-state index contributed by atoms with van der Waals surface area (Å²) in [5.41, 5.74) is 9.60. The number of allylic oxidation sites excluding steroid dienone is 1. The molecular weight excluding hydrogens is 502 g/mol. The van der Waals surface area contributed by atoms with Gasteiger partial charge in [0.25, 0.3) is 0 Å². The molecule has 3 heterocycles. The van der Waals surface area contributed by atoms with Crippen LogP contribution < -0.4 is 5.32 Å². The summed E-state index contributed by atoms with van der Waals surface area (Å²) in [7, 11) is 0. The number of pyridine rings is 2. The van der Waals surface area contributed by atoms with Crippen molar-refractivity contribution in [3.8, 4) is 11.1 Å². The quantitative estimate of drug-likeness (QED) is 0.215. The van der Waals surface area contributed by atoms with Gasteiger partial charge in [-0.2, -0.15) is 0 Å². The van der Waals surface area contributed by atoms with Crippen molar-refractivity contribution >= 4 is 60.1 Å². The Hall–Kier alpha value is -4.77. The summed E-state index contributed by atoms with van der Waals surface area (Å²) in [6, 6.07) is 21.7. The average Bonchev–Trinajstić information content (AvgIpc) is 3.45. The number of H-pyrrole nitrogens is 1. The average molecular weight is 536 g/mol. The lowest BCUT2D eigenvalue weighted by atomic mass is 9.93. The number of aromatic nitrogens is 4. The second-order valence-corrected chi connectivity index (χ2v) is 11.6. The molecule has 0 bridgehead atoms. The van der Waals surface area contributed by atoms with Gasteiger partial charge in [-0.1, -0.05) is 64.6 Å². The van der Waals surface area contributed by atoms with Crippen LogP contribution >= 0.6 is 0 Å². The number of fused-ring (bicyclic) bond motifs is 9. The van der Waals surface area contributed by atoms with Gasteiger partial charge in [0.2, 0.25) is 0 Å². The van der Waals surface area contributed by atoms with Gasteiger partial charge in [-0.25, -0.2) is 4.98 Å². The highest BCUT2D eigenvalue weighted by Crippen LogP contribution is 2.40. The molecule has 0 fully saturated rings. The number of rotatable bonds is 5. The number of nitrogens with one attached hydrogen (secondary N) is 2. The zero-order valence-electron chi connectivity index (χ0n) is 24.1. The molecule has 7 aromatic rings. The van der Waals surface area contributed by atoms with Crippen molar-refractivity contribution in [3.05, 3.63) is 96.7 Å². The highest BCUT2D eigenvalue weighted by molar-refractivity contribution is 6.22. The minimum atomic E-state index is 0.310. The Morgan fingerprint density at radius 2 is 1.34 bits per heavy atom. The number of benzene rings is 4. The van der Waals surface area contributed by atoms with Crippen molar-refractivity contribution in [2.45, 2.75) is 40.5 Å². The molecule has 4 aromatic carbocycles. The maximum Gasteiger partial charge on any atom is 0.109 e. The van der Waals surface area contributed by atoms with Gasteiger partial charge in [0.15, 0.2) is 0 Å². The topological polar surface area (TPSA) is 66.5 Å². The summed E-state index contributed by atoms with van der Waals surface area (Å²) in [6.45, 7) is 15.1. The van der Waals surface area contributed by atoms with Crippen molar-refractivity contribution < 1.29 is 0 Å². The van der Waals surface area contributed by atoms with Gasteiger partial charge in [-0.15, -0.1) is 0 Å². The SMILES string of the molecule is C=C(Nc1c(C)c2cccnc2c2cc(-c3ccc4c(c3)c3ncccc3c3nc(C(C)C)[nH]c43)ccc12)C(C)C. The van der Waals surface area contributed by atoms with Gasteiger partial charge < -0.3 is 10.3 Å². The van der Waals surface area contributed by atoms with E-state index in [2.05, 4.69) is 100 Å². The van der Waals surface area contributed by atoms with Gasteiger partial charge in [0, 0.05) is 62.0 Å². The van der Waals surface area contributed by atoms with Crippen molar-refractivity contribution in [2.75, 3.05) is 5.32 Å². The molecule has 0 radical (unpaired) electrons. The van der Waals surface area contributed by atoms with E-state index in [-0.39, 0.29) is 0 Å². The Labute approximate surface area is 239 Å². The standard InChI is InChI=1S/C36H33N5/c1-19(2)22(6)39-31-21(5)25-9-7-15-37-32(25)29-17-23(11-13-26(29)31)24-12-14-27-30(18-24)33-28(10-8-16-38-33)35-34(27)40-36(41-35)20(3)4/h7-20,39H,6H2,1-5H3,(H,40,41). The number of aryl methyl sites for hydroxylation is 1. The van der Waals surface area contributed by atoms with Crippen LogP contribution in [0.25, 0.3) is 65.5 Å². The number of hydrogen-bond donors (Lipinski definition) is 2. The minimum Gasteiger partial charge on any atom is -0.358 e. The lowest BCUT2D eigenvalue weighted by Gasteiger charge is -2.19. The van der Waals surface area contributed by atoms with Crippen LogP contribution in [0.15, 0.2) is 85.3 Å². The van der Waals surface area contributed by atoms with E-state index in [1.54, 1.807) is 0 Å². The monoisotopic (exact) mass is 535 g/mol. The summed E-state index contributed by atoms with van der Waals surface area (Å²) in [5.74, 6) is 1.63. The Kier molecular flexibility index (Phi) is 5.79. The molecule has 5 nitrogen and oxygen atoms in total. The largest absolute Gasteiger partial charge is 0.358 e. The zero-order valence-corrected chi connectivity index (χ0v) is 24.1. The van der Waals surface area contributed by atoms with E-state index in [4.69, 9.17) is 15.0 Å². The summed E-state index contributed by atoms with van der Waals surface area (Å²) < 4.78 is 0. The molecule has 0 atom stereocenters. The maximum atomic E-state index is 4.97. The van der Waals surface area contributed by atoms with Crippen LogP contribution in [-0.2, 0) is 0 Å². The molecule has 41 heavy (non-hydrogen) atoms. The fraction of sp³-hybridized carbons (Fsp3) is 0.194. The summed E-state index contributed by atoms with van der Waals surface area (Å²) >= 11 is 0. The Balaban J connectivity index is 1.48. The van der Waals surface area contributed by atoms with E-state index >= 15 is 0 Å². The maximum absolute atomic E-state index is 4.97. The fourth-order valence-corrected chi connectivity index (χ4v) is 5.87. The first kappa shape index (κ1) is 25.2. The molecule has 3 aromatic heterocycles. The molecule has 0 aliphatic heterocycles. The second kappa shape index (κ2) is 9.41. The van der Waals surface area contributed by atoms with Crippen molar-refractivity contribution in [1.82, 2.24) is 19.9 Å². The first-order chi connectivity index (χ1) is 19.8. The van der Waals surface area contributed by atoms with E-state index in [9.17, 15) is 0 Å². The number of anilines is 1. The summed E-state index contributed by atoms with van der Waals surface area (Å²) in [4.78, 5) is 18.2. The zero-order chi connectivity index (χ0) is 28.4. The molecule has 2 N–H and O–H groups in total. The van der Waals surface area contributed by atoms with Gasteiger partial charge in [0.05, 0.1) is 22.1 Å². The van der Waals surface area contributed by atoms with Crippen LogP contribution in [-0.4, -0.2) is 19.9 Å². The Morgan fingerprint density at radius 1 is 0.732 bits per heavy atom. The highest BCUT2D eigenvalue weighted by Gasteiger charge is 2.18. The lowest BCUT2D eigenvalue weighted by molar-refractivity contribution is 0.778. The molecule has 7 rings (SSSR count). The molecule has 0 spiro atoms. The van der Waals surface area contributed by atoms with Gasteiger partial charge in [0.1, 0.15) is 5.82 Å². The Morgan fingerprint density at radius 3 is 2.00 bits per heavy atom. The first-order valence-electron chi connectivity index (χ1n) is 14.3. The summed E-state index contributed by atoms with van der Waals surface area (Å²) in [6.07, 6.45) is 3.74. The van der Waals surface area contributed by atoms with Crippen LogP contribution in [0.3, 0.4) is 0 Å². The van der Waals surface area contributed by atoms with Crippen LogP contribution in [0, 0.1) is 12.8 Å². The normalized spacial score (nSPS) is 12.1.